The lowest BCUT2D eigenvalue weighted by Gasteiger charge is -2.42. The first-order valence-electron chi connectivity index (χ1n) is 10.7. The quantitative estimate of drug-likeness (QED) is 0.689. The highest BCUT2D eigenvalue weighted by Crippen LogP contribution is 2.32. The molecule has 5 nitrogen and oxygen atoms in total. The number of alkyl halides is 3. The molecule has 1 aliphatic heterocycles. The van der Waals surface area contributed by atoms with Crippen LogP contribution in [0.1, 0.15) is 37.8 Å². The fourth-order valence-electron chi connectivity index (χ4n) is 4.04. The van der Waals surface area contributed by atoms with Gasteiger partial charge in [-0.1, -0.05) is 19.9 Å². The Labute approximate surface area is 186 Å². The molecule has 2 aromatic carbocycles. The lowest BCUT2D eigenvalue weighted by molar-refractivity contribution is -0.137. The molecule has 1 amide bonds. The average Bonchev–Trinajstić information content (AvgIpc) is 2.82. The zero-order valence-corrected chi connectivity index (χ0v) is 18.2. The Morgan fingerprint density at radius 2 is 1.66 bits per heavy atom. The molecule has 1 saturated heterocycles. The fourth-order valence-corrected chi connectivity index (χ4v) is 4.04. The van der Waals surface area contributed by atoms with Gasteiger partial charge in [-0.3, -0.25) is 4.79 Å². The maximum Gasteiger partial charge on any atom is 0.416 e. The molecule has 1 heterocycles. The summed E-state index contributed by atoms with van der Waals surface area (Å²) >= 11 is 0. The van der Waals surface area contributed by atoms with E-state index in [1.807, 2.05) is 18.7 Å². The van der Waals surface area contributed by atoms with E-state index >= 15 is 0 Å². The van der Waals surface area contributed by atoms with Gasteiger partial charge in [0.05, 0.1) is 17.2 Å². The molecule has 0 atom stereocenters. The van der Waals surface area contributed by atoms with Gasteiger partial charge in [-0.2, -0.15) is 18.4 Å². The van der Waals surface area contributed by atoms with Crippen LogP contribution in [-0.2, 0) is 11.0 Å². The predicted octanol–water partition coefficient (Wildman–Crippen LogP) is 4.90. The fraction of sp³-hybridized carbons (Fsp3) is 0.417. The molecular formula is C24H27F3N4O. The molecule has 0 radical (unpaired) electrons. The highest BCUT2D eigenvalue weighted by Gasteiger charge is 2.39. The zero-order valence-electron chi connectivity index (χ0n) is 18.2. The van der Waals surface area contributed by atoms with Crippen molar-refractivity contribution in [2.75, 3.05) is 36.4 Å². The molecule has 8 heteroatoms. The van der Waals surface area contributed by atoms with Gasteiger partial charge in [0.25, 0.3) is 0 Å². The third kappa shape index (κ3) is 4.98. The second kappa shape index (κ2) is 9.51. The monoisotopic (exact) mass is 444 g/mol. The van der Waals surface area contributed by atoms with Gasteiger partial charge in [0.15, 0.2) is 0 Å². The summed E-state index contributed by atoms with van der Waals surface area (Å²) in [5.41, 5.74) is 0.373. The lowest BCUT2D eigenvalue weighted by Crippen LogP contribution is -2.58. The van der Waals surface area contributed by atoms with Crippen molar-refractivity contribution in [3.8, 4) is 6.07 Å². The molecular weight excluding hydrogens is 417 g/mol. The van der Waals surface area contributed by atoms with Gasteiger partial charge in [0, 0.05) is 37.6 Å². The molecule has 0 saturated carbocycles. The Kier molecular flexibility index (Phi) is 6.97. The van der Waals surface area contributed by atoms with Gasteiger partial charge >= 0.3 is 6.18 Å². The third-order valence-corrected chi connectivity index (χ3v) is 6.12. The number of carbonyl (C=O) groups excluding carboxylic acids is 1. The molecule has 1 N–H and O–H groups in total. The van der Waals surface area contributed by atoms with E-state index in [4.69, 9.17) is 5.26 Å². The number of piperazine rings is 1. The number of halogens is 3. The van der Waals surface area contributed by atoms with Gasteiger partial charge in [-0.05, 0) is 55.3 Å². The summed E-state index contributed by atoms with van der Waals surface area (Å²) in [4.78, 5) is 17.1. The Bertz CT molecular complexity index is 970. The van der Waals surface area contributed by atoms with Gasteiger partial charge in [-0.15, -0.1) is 0 Å². The maximum absolute atomic E-state index is 13.5. The molecule has 0 aromatic heterocycles. The van der Waals surface area contributed by atoms with Crippen molar-refractivity contribution < 1.29 is 18.0 Å². The molecule has 0 bridgehead atoms. The summed E-state index contributed by atoms with van der Waals surface area (Å²) in [5, 5.41) is 12.3. The molecule has 2 aromatic rings. The molecule has 0 spiro atoms. The van der Waals surface area contributed by atoms with E-state index in [0.29, 0.717) is 50.3 Å². The summed E-state index contributed by atoms with van der Waals surface area (Å²) in [7, 11) is 0. The van der Waals surface area contributed by atoms with Gasteiger partial charge < -0.3 is 15.1 Å². The zero-order chi connectivity index (χ0) is 23.4. The summed E-state index contributed by atoms with van der Waals surface area (Å²) in [5.74, 6) is -0.0180. The second-order valence-electron chi connectivity index (χ2n) is 7.93. The minimum atomic E-state index is -4.38. The second-order valence-corrected chi connectivity index (χ2v) is 7.93. The Balaban J connectivity index is 1.70. The van der Waals surface area contributed by atoms with Crippen molar-refractivity contribution in [2.24, 2.45) is 0 Å². The van der Waals surface area contributed by atoms with Crippen LogP contribution in [0.2, 0.25) is 0 Å². The average molecular weight is 445 g/mol. The van der Waals surface area contributed by atoms with Gasteiger partial charge in [0.1, 0.15) is 5.54 Å². The molecule has 3 rings (SSSR count). The standard InChI is InChI=1S/C24H27F3N4O/c1-3-23(4-2,29-20-10-8-18(17-28)9-11-20)22(32)31-14-12-30(13-15-31)21-7-5-6-19(16-21)24(25,26)27/h5-11,16,29H,3-4,12-15H2,1-2H3. The molecule has 32 heavy (non-hydrogen) atoms. The van der Waals surface area contributed by atoms with E-state index in [2.05, 4.69) is 11.4 Å². The minimum absolute atomic E-state index is 0.0180. The van der Waals surface area contributed by atoms with E-state index in [1.54, 1.807) is 35.2 Å². The van der Waals surface area contributed by atoms with Crippen molar-refractivity contribution in [1.29, 1.82) is 5.26 Å². The number of benzene rings is 2. The van der Waals surface area contributed by atoms with Crippen LogP contribution in [0.3, 0.4) is 0 Å². The first kappa shape index (κ1) is 23.5. The SMILES string of the molecule is CCC(CC)(Nc1ccc(C#N)cc1)C(=O)N1CCN(c2cccc(C(F)(F)F)c2)CC1. The Morgan fingerprint density at radius 3 is 2.19 bits per heavy atom. The normalized spacial score (nSPS) is 14.8. The molecule has 0 unspecified atom stereocenters. The molecule has 170 valence electrons. The van der Waals surface area contributed by atoms with E-state index in [9.17, 15) is 18.0 Å². The van der Waals surface area contributed by atoms with Crippen LogP contribution in [0, 0.1) is 11.3 Å². The summed E-state index contributed by atoms with van der Waals surface area (Å²) in [6.07, 6.45) is -3.22. The molecule has 1 fully saturated rings. The van der Waals surface area contributed by atoms with Gasteiger partial charge in [0.2, 0.25) is 5.91 Å². The number of rotatable bonds is 6. The number of anilines is 2. The minimum Gasteiger partial charge on any atom is -0.371 e. The van der Waals surface area contributed by atoms with Crippen molar-refractivity contribution >= 4 is 17.3 Å². The largest absolute Gasteiger partial charge is 0.416 e. The topological polar surface area (TPSA) is 59.4 Å². The maximum atomic E-state index is 13.5. The Morgan fingerprint density at radius 1 is 1.03 bits per heavy atom. The summed E-state index contributed by atoms with van der Waals surface area (Å²) in [6.45, 7) is 5.71. The van der Waals surface area contributed by atoms with E-state index in [-0.39, 0.29) is 5.91 Å². The number of nitrogens with one attached hydrogen (secondary N) is 1. The number of amides is 1. The van der Waals surface area contributed by atoms with Crippen molar-refractivity contribution in [1.82, 2.24) is 4.90 Å². The molecule has 0 aliphatic carbocycles. The smallest absolute Gasteiger partial charge is 0.371 e. The van der Waals surface area contributed by atoms with Crippen LogP contribution in [0.4, 0.5) is 24.5 Å². The number of nitrogens with zero attached hydrogens (tertiary/aromatic N) is 3. The highest BCUT2D eigenvalue weighted by atomic mass is 19.4. The summed E-state index contributed by atoms with van der Waals surface area (Å²) < 4.78 is 39.1. The summed E-state index contributed by atoms with van der Waals surface area (Å²) in [6, 6.07) is 14.4. The number of hydrogen-bond donors (Lipinski definition) is 1. The van der Waals surface area contributed by atoms with Crippen LogP contribution in [0.15, 0.2) is 48.5 Å². The van der Waals surface area contributed by atoms with E-state index in [0.717, 1.165) is 17.8 Å². The molecule has 1 aliphatic rings. The number of nitriles is 1. The van der Waals surface area contributed by atoms with Crippen molar-refractivity contribution in [3.63, 3.8) is 0 Å². The number of carbonyl (C=O) groups is 1. The third-order valence-electron chi connectivity index (χ3n) is 6.12. The highest BCUT2D eigenvalue weighted by molar-refractivity contribution is 5.89. The van der Waals surface area contributed by atoms with Crippen LogP contribution in [0.5, 0.6) is 0 Å². The Hall–Kier alpha value is -3.21. The van der Waals surface area contributed by atoms with Crippen LogP contribution < -0.4 is 10.2 Å². The first-order chi connectivity index (χ1) is 15.2. The lowest BCUT2D eigenvalue weighted by atomic mass is 9.90. The van der Waals surface area contributed by atoms with Gasteiger partial charge in [-0.25, -0.2) is 0 Å². The van der Waals surface area contributed by atoms with Crippen LogP contribution in [-0.4, -0.2) is 42.5 Å². The van der Waals surface area contributed by atoms with E-state index < -0.39 is 17.3 Å². The van der Waals surface area contributed by atoms with Crippen molar-refractivity contribution in [3.05, 3.63) is 59.7 Å². The van der Waals surface area contributed by atoms with E-state index in [1.165, 1.54) is 6.07 Å². The van der Waals surface area contributed by atoms with Crippen LogP contribution in [0.25, 0.3) is 0 Å². The van der Waals surface area contributed by atoms with Crippen molar-refractivity contribution in [2.45, 2.75) is 38.4 Å². The van der Waals surface area contributed by atoms with Crippen LogP contribution >= 0.6 is 0 Å². The predicted molar refractivity (Wildman–Crippen MR) is 118 cm³/mol. The number of hydrogen-bond acceptors (Lipinski definition) is 4. The first-order valence-corrected chi connectivity index (χ1v) is 10.7.